The number of likely N-dealkylation sites (tertiary alicyclic amines) is 1. The third kappa shape index (κ3) is 4.08. The number of imide groups is 1. The molecular weight excluding hydrogens is 394 g/mol. The molecule has 160 valence electrons. The number of anilines is 1. The Bertz CT molecular complexity index is 1020. The smallest absolute Gasteiger partial charge is 0.261 e. The highest BCUT2D eigenvalue weighted by molar-refractivity contribution is 6.21. The standard InChI is InChI=1S/C24H25N3O4/c1-16-17(22(29)26-13-4-5-14-26)10-6-11-20(16)25-21(28)12-7-15-27-23(30)18-8-2-3-9-19(18)24(27)31/h2-3,6,8-11H,4-5,7,12-15H2,1H3,(H,25,28). The maximum absolute atomic E-state index is 12.7. The molecule has 31 heavy (non-hydrogen) atoms. The number of benzene rings is 2. The van der Waals surface area contributed by atoms with Gasteiger partial charge in [0.15, 0.2) is 0 Å². The fraction of sp³-hybridized carbons (Fsp3) is 0.333. The molecule has 0 saturated carbocycles. The van der Waals surface area contributed by atoms with Crippen molar-refractivity contribution >= 4 is 29.3 Å². The number of hydrogen-bond donors (Lipinski definition) is 1. The molecule has 2 aromatic rings. The first-order chi connectivity index (χ1) is 15.0. The molecule has 0 aromatic heterocycles. The lowest BCUT2D eigenvalue weighted by Gasteiger charge is -2.18. The van der Waals surface area contributed by atoms with Crippen LogP contribution in [0.25, 0.3) is 0 Å². The molecule has 0 unspecified atom stereocenters. The Labute approximate surface area is 181 Å². The van der Waals surface area contributed by atoms with Gasteiger partial charge in [-0.3, -0.25) is 24.1 Å². The Hall–Kier alpha value is -3.48. The highest BCUT2D eigenvalue weighted by atomic mass is 16.2. The molecule has 2 heterocycles. The van der Waals surface area contributed by atoms with Crippen LogP contribution in [0.5, 0.6) is 0 Å². The lowest BCUT2D eigenvalue weighted by atomic mass is 10.1. The van der Waals surface area contributed by atoms with Crippen molar-refractivity contribution in [2.45, 2.75) is 32.6 Å². The van der Waals surface area contributed by atoms with Crippen LogP contribution in [0.4, 0.5) is 5.69 Å². The third-order valence-electron chi connectivity index (χ3n) is 5.90. The van der Waals surface area contributed by atoms with Crippen LogP contribution >= 0.6 is 0 Å². The second kappa shape index (κ2) is 8.71. The van der Waals surface area contributed by atoms with Crippen molar-refractivity contribution in [3.63, 3.8) is 0 Å². The minimum absolute atomic E-state index is 0.00303. The van der Waals surface area contributed by atoms with E-state index in [0.717, 1.165) is 31.5 Å². The summed E-state index contributed by atoms with van der Waals surface area (Å²) in [6.07, 6.45) is 2.57. The van der Waals surface area contributed by atoms with E-state index in [4.69, 9.17) is 0 Å². The van der Waals surface area contributed by atoms with Crippen LogP contribution in [0, 0.1) is 6.92 Å². The number of amides is 4. The molecule has 1 saturated heterocycles. The van der Waals surface area contributed by atoms with Crippen LogP contribution < -0.4 is 5.32 Å². The number of nitrogens with one attached hydrogen (secondary N) is 1. The third-order valence-corrected chi connectivity index (χ3v) is 5.90. The van der Waals surface area contributed by atoms with E-state index in [1.807, 2.05) is 11.8 Å². The van der Waals surface area contributed by atoms with Crippen LogP contribution in [-0.4, -0.2) is 53.1 Å². The molecule has 0 spiro atoms. The zero-order chi connectivity index (χ0) is 22.0. The number of carbonyl (C=O) groups is 4. The minimum Gasteiger partial charge on any atom is -0.339 e. The van der Waals surface area contributed by atoms with Crippen molar-refractivity contribution in [1.29, 1.82) is 0 Å². The monoisotopic (exact) mass is 419 g/mol. The summed E-state index contributed by atoms with van der Waals surface area (Å²) in [5, 5.41) is 2.86. The zero-order valence-electron chi connectivity index (χ0n) is 17.5. The maximum Gasteiger partial charge on any atom is 0.261 e. The summed E-state index contributed by atoms with van der Waals surface area (Å²) in [5.41, 5.74) is 2.77. The van der Waals surface area contributed by atoms with Gasteiger partial charge in [0.25, 0.3) is 17.7 Å². The van der Waals surface area contributed by atoms with E-state index in [-0.39, 0.29) is 36.6 Å². The number of carbonyl (C=O) groups excluding carboxylic acids is 4. The molecule has 0 radical (unpaired) electrons. The Kier molecular flexibility index (Phi) is 5.84. The molecule has 1 fully saturated rings. The van der Waals surface area contributed by atoms with Crippen LogP contribution in [-0.2, 0) is 4.79 Å². The van der Waals surface area contributed by atoms with Crippen LogP contribution in [0.3, 0.4) is 0 Å². The Morgan fingerprint density at radius 3 is 2.23 bits per heavy atom. The first-order valence-electron chi connectivity index (χ1n) is 10.6. The van der Waals surface area contributed by atoms with Crippen LogP contribution in [0.2, 0.25) is 0 Å². The van der Waals surface area contributed by atoms with Gasteiger partial charge in [0.1, 0.15) is 0 Å². The average molecular weight is 419 g/mol. The molecule has 4 amide bonds. The van der Waals surface area contributed by atoms with Crippen molar-refractivity contribution in [2.24, 2.45) is 0 Å². The van der Waals surface area contributed by atoms with Gasteiger partial charge >= 0.3 is 0 Å². The molecule has 2 aliphatic heterocycles. The van der Waals surface area contributed by atoms with Gasteiger partial charge in [-0.25, -0.2) is 0 Å². The van der Waals surface area contributed by atoms with E-state index >= 15 is 0 Å². The SMILES string of the molecule is Cc1c(NC(=O)CCCN2C(=O)c3ccccc3C2=O)cccc1C(=O)N1CCCC1. The fourth-order valence-electron chi connectivity index (χ4n) is 4.15. The van der Waals surface area contributed by atoms with Gasteiger partial charge < -0.3 is 10.2 Å². The lowest BCUT2D eigenvalue weighted by molar-refractivity contribution is -0.116. The molecule has 7 nitrogen and oxygen atoms in total. The molecule has 0 atom stereocenters. The van der Waals surface area contributed by atoms with Crippen LogP contribution in [0.1, 0.15) is 62.3 Å². The Morgan fingerprint density at radius 1 is 0.935 bits per heavy atom. The van der Waals surface area contributed by atoms with Gasteiger partial charge in [-0.15, -0.1) is 0 Å². The van der Waals surface area contributed by atoms with Crippen molar-refractivity contribution < 1.29 is 19.2 Å². The summed E-state index contributed by atoms with van der Waals surface area (Å²) in [6.45, 7) is 3.56. The minimum atomic E-state index is -0.315. The summed E-state index contributed by atoms with van der Waals surface area (Å²) in [7, 11) is 0. The largest absolute Gasteiger partial charge is 0.339 e. The normalized spacial score (nSPS) is 15.4. The number of nitrogens with zero attached hydrogens (tertiary/aromatic N) is 2. The van der Waals surface area contributed by atoms with Gasteiger partial charge in [0.2, 0.25) is 5.91 Å². The average Bonchev–Trinajstić information content (AvgIpc) is 3.39. The molecule has 0 aliphatic carbocycles. The van der Waals surface area contributed by atoms with Gasteiger partial charge in [0, 0.05) is 37.3 Å². The van der Waals surface area contributed by atoms with Gasteiger partial charge in [-0.2, -0.15) is 0 Å². The lowest BCUT2D eigenvalue weighted by Crippen LogP contribution is -2.31. The summed E-state index contributed by atoms with van der Waals surface area (Å²) in [6, 6.07) is 12.1. The topological polar surface area (TPSA) is 86.8 Å². The van der Waals surface area contributed by atoms with Crippen molar-refractivity contribution in [3.05, 3.63) is 64.7 Å². The number of fused-ring (bicyclic) bond motifs is 1. The first kappa shape index (κ1) is 20.8. The second-order valence-corrected chi connectivity index (χ2v) is 7.94. The predicted octanol–water partition coefficient (Wildman–Crippen LogP) is 3.25. The molecule has 0 bridgehead atoms. The van der Waals surface area contributed by atoms with E-state index < -0.39 is 0 Å². The summed E-state index contributed by atoms with van der Waals surface area (Å²) >= 11 is 0. The van der Waals surface area contributed by atoms with E-state index in [2.05, 4.69) is 5.32 Å². The zero-order valence-corrected chi connectivity index (χ0v) is 17.5. The van der Waals surface area contributed by atoms with Crippen molar-refractivity contribution in [1.82, 2.24) is 9.80 Å². The van der Waals surface area contributed by atoms with E-state index in [1.54, 1.807) is 42.5 Å². The highest BCUT2D eigenvalue weighted by Crippen LogP contribution is 2.24. The quantitative estimate of drug-likeness (QED) is 0.728. The Balaban J connectivity index is 1.34. The molecule has 2 aromatic carbocycles. The summed E-state index contributed by atoms with van der Waals surface area (Å²) in [5.74, 6) is -0.850. The van der Waals surface area contributed by atoms with E-state index in [9.17, 15) is 19.2 Å². The number of rotatable bonds is 6. The van der Waals surface area contributed by atoms with Crippen LogP contribution in [0.15, 0.2) is 42.5 Å². The molecule has 4 rings (SSSR count). The highest BCUT2D eigenvalue weighted by Gasteiger charge is 2.34. The second-order valence-electron chi connectivity index (χ2n) is 7.94. The predicted molar refractivity (Wildman–Crippen MR) is 116 cm³/mol. The van der Waals surface area contributed by atoms with E-state index in [0.29, 0.717) is 28.8 Å². The van der Waals surface area contributed by atoms with Crippen molar-refractivity contribution in [2.75, 3.05) is 25.0 Å². The van der Waals surface area contributed by atoms with Gasteiger partial charge in [0.05, 0.1) is 11.1 Å². The van der Waals surface area contributed by atoms with Gasteiger partial charge in [-0.05, 0) is 56.0 Å². The molecule has 7 heteroatoms. The van der Waals surface area contributed by atoms with Crippen molar-refractivity contribution in [3.8, 4) is 0 Å². The number of hydrogen-bond acceptors (Lipinski definition) is 4. The fourth-order valence-corrected chi connectivity index (χ4v) is 4.15. The van der Waals surface area contributed by atoms with Gasteiger partial charge in [-0.1, -0.05) is 18.2 Å². The maximum atomic E-state index is 12.7. The summed E-state index contributed by atoms with van der Waals surface area (Å²) < 4.78 is 0. The molecule has 1 N–H and O–H groups in total. The summed E-state index contributed by atoms with van der Waals surface area (Å²) in [4.78, 5) is 53.0. The Morgan fingerprint density at radius 2 is 1.58 bits per heavy atom. The molecular formula is C24H25N3O4. The van der Waals surface area contributed by atoms with E-state index in [1.165, 1.54) is 4.90 Å². The molecule has 2 aliphatic rings. The first-order valence-corrected chi connectivity index (χ1v) is 10.6.